The summed E-state index contributed by atoms with van der Waals surface area (Å²) in [4.78, 5) is 4.74. The molecule has 76 valence electrons. The first kappa shape index (κ1) is 10.2. The maximum absolute atomic E-state index is 3.46. The Labute approximate surface area is 94.6 Å². The average molecular weight is 216 g/mol. The first-order valence-corrected chi connectivity index (χ1v) is 6.21. The second kappa shape index (κ2) is 4.99. The molecule has 1 aromatic carbocycles. The van der Waals surface area contributed by atoms with E-state index >= 15 is 0 Å². The Bertz CT molecular complexity index is 430. The Morgan fingerprint density at radius 3 is 2.80 bits per heavy atom. The van der Waals surface area contributed by atoms with Crippen molar-refractivity contribution in [3.8, 4) is 0 Å². The topological polar surface area (TPSA) is 14.0 Å². The summed E-state index contributed by atoms with van der Waals surface area (Å²) < 4.78 is 0. The van der Waals surface area contributed by atoms with Crippen LogP contribution in [0.1, 0.15) is 6.42 Å². The minimum absolute atomic E-state index is 0.985. The summed E-state index contributed by atoms with van der Waals surface area (Å²) in [7, 11) is 0. The van der Waals surface area contributed by atoms with Crippen LogP contribution in [0.15, 0.2) is 53.5 Å². The smallest absolute Gasteiger partial charge is 0.208 e. The number of allylic oxidation sites excluding steroid dienone is 4. The van der Waals surface area contributed by atoms with E-state index in [9.17, 15) is 0 Å². The first-order valence-electron chi connectivity index (χ1n) is 4.99. The SMILES string of the molecule is CSc1ccccc1[NH+]=C1C=CC=CC1. The van der Waals surface area contributed by atoms with Gasteiger partial charge < -0.3 is 0 Å². The molecule has 15 heavy (non-hydrogen) atoms. The van der Waals surface area contributed by atoms with Gasteiger partial charge in [-0.3, -0.25) is 0 Å². The van der Waals surface area contributed by atoms with Gasteiger partial charge in [-0.15, -0.1) is 11.8 Å². The van der Waals surface area contributed by atoms with Gasteiger partial charge in [0.25, 0.3) is 0 Å². The van der Waals surface area contributed by atoms with Crippen molar-refractivity contribution in [2.45, 2.75) is 11.3 Å². The predicted molar refractivity (Wildman–Crippen MR) is 66.7 cm³/mol. The molecule has 0 radical (unpaired) electrons. The molecule has 1 N–H and O–H groups in total. The van der Waals surface area contributed by atoms with E-state index in [1.54, 1.807) is 11.8 Å². The van der Waals surface area contributed by atoms with E-state index in [1.165, 1.54) is 16.3 Å². The zero-order valence-corrected chi connectivity index (χ0v) is 9.55. The van der Waals surface area contributed by atoms with Gasteiger partial charge in [0.2, 0.25) is 5.69 Å². The van der Waals surface area contributed by atoms with Gasteiger partial charge in [0.15, 0.2) is 5.71 Å². The second-order valence-electron chi connectivity index (χ2n) is 3.34. The number of hydrogen-bond acceptors (Lipinski definition) is 1. The molecule has 0 bridgehead atoms. The molecule has 2 rings (SSSR count). The highest BCUT2D eigenvalue weighted by Crippen LogP contribution is 2.20. The molecule has 0 saturated carbocycles. The molecule has 1 aromatic rings. The molecule has 0 aromatic heterocycles. The summed E-state index contributed by atoms with van der Waals surface area (Å²) in [5, 5.41) is 0. The molecule has 0 aliphatic heterocycles. The van der Waals surface area contributed by atoms with E-state index in [0.717, 1.165) is 6.42 Å². The quantitative estimate of drug-likeness (QED) is 0.747. The summed E-state index contributed by atoms with van der Waals surface area (Å²) in [6.45, 7) is 0. The van der Waals surface area contributed by atoms with Gasteiger partial charge in [0.1, 0.15) is 0 Å². The maximum atomic E-state index is 3.46. The van der Waals surface area contributed by atoms with E-state index in [0.29, 0.717) is 0 Å². The number of thioether (sulfide) groups is 1. The fraction of sp³-hybridized carbons (Fsp3) is 0.154. The molecule has 1 aliphatic carbocycles. The van der Waals surface area contributed by atoms with Crippen molar-refractivity contribution in [2.75, 3.05) is 6.26 Å². The highest BCUT2D eigenvalue weighted by Gasteiger charge is 2.07. The molecular weight excluding hydrogens is 202 g/mol. The number of nitrogens with one attached hydrogen (secondary N) is 1. The summed E-state index contributed by atoms with van der Waals surface area (Å²) in [5.74, 6) is 0. The maximum Gasteiger partial charge on any atom is 0.217 e. The van der Waals surface area contributed by atoms with Gasteiger partial charge in [-0.1, -0.05) is 30.4 Å². The summed E-state index contributed by atoms with van der Waals surface area (Å²) >= 11 is 1.77. The van der Waals surface area contributed by atoms with Crippen LogP contribution in [0.3, 0.4) is 0 Å². The van der Waals surface area contributed by atoms with Gasteiger partial charge in [0, 0.05) is 12.1 Å². The zero-order valence-electron chi connectivity index (χ0n) is 8.73. The Morgan fingerprint density at radius 1 is 1.20 bits per heavy atom. The molecule has 0 atom stereocenters. The summed E-state index contributed by atoms with van der Waals surface area (Å²) in [6, 6.07) is 8.38. The molecule has 0 saturated heterocycles. The third-order valence-electron chi connectivity index (χ3n) is 2.28. The van der Waals surface area contributed by atoms with Crippen LogP contribution in [0.5, 0.6) is 0 Å². The minimum atomic E-state index is 0.985. The first-order chi connectivity index (χ1) is 7.40. The lowest BCUT2D eigenvalue weighted by Crippen LogP contribution is -2.66. The van der Waals surface area contributed by atoms with E-state index in [2.05, 4.69) is 59.8 Å². The Balaban J connectivity index is 2.30. The summed E-state index contributed by atoms with van der Waals surface area (Å²) in [6.07, 6.45) is 11.5. The Hall–Kier alpha value is -1.28. The molecule has 0 unspecified atom stereocenters. The molecule has 0 amide bonds. The van der Waals surface area contributed by atoms with Crippen LogP contribution in [0.4, 0.5) is 5.69 Å². The van der Waals surface area contributed by atoms with Crippen molar-refractivity contribution in [3.63, 3.8) is 0 Å². The van der Waals surface area contributed by atoms with Crippen LogP contribution in [0.25, 0.3) is 0 Å². The molecule has 1 nitrogen and oxygen atoms in total. The number of rotatable bonds is 2. The number of hydrogen-bond donors (Lipinski definition) is 1. The number of benzene rings is 1. The van der Waals surface area contributed by atoms with Crippen LogP contribution in [0.2, 0.25) is 0 Å². The molecule has 1 aliphatic rings. The molecular formula is C13H14NS+. The average Bonchev–Trinajstić information content (AvgIpc) is 2.31. The van der Waals surface area contributed by atoms with Crippen LogP contribution >= 0.6 is 11.8 Å². The third-order valence-corrected chi connectivity index (χ3v) is 3.08. The number of para-hydroxylation sites is 1. The van der Waals surface area contributed by atoms with E-state index in [1.807, 2.05) is 0 Å². The second-order valence-corrected chi connectivity index (χ2v) is 4.19. The minimum Gasteiger partial charge on any atom is -0.208 e. The van der Waals surface area contributed by atoms with Crippen molar-refractivity contribution in [1.82, 2.24) is 0 Å². The molecule has 0 heterocycles. The van der Waals surface area contributed by atoms with Gasteiger partial charge in [0.05, 0.1) is 11.3 Å². The van der Waals surface area contributed by atoms with Crippen LogP contribution in [0, 0.1) is 0 Å². The van der Waals surface area contributed by atoms with Crippen LogP contribution < -0.4 is 4.99 Å². The van der Waals surface area contributed by atoms with Gasteiger partial charge in [-0.2, -0.15) is 0 Å². The van der Waals surface area contributed by atoms with Crippen molar-refractivity contribution in [2.24, 2.45) is 0 Å². The van der Waals surface area contributed by atoms with Crippen molar-refractivity contribution >= 4 is 23.2 Å². The van der Waals surface area contributed by atoms with Crippen molar-refractivity contribution < 1.29 is 4.99 Å². The lowest BCUT2D eigenvalue weighted by Gasteiger charge is -1.98. The van der Waals surface area contributed by atoms with Gasteiger partial charge in [-0.05, 0) is 12.3 Å². The van der Waals surface area contributed by atoms with Crippen molar-refractivity contribution in [3.05, 3.63) is 48.6 Å². The highest BCUT2D eigenvalue weighted by molar-refractivity contribution is 7.98. The van der Waals surface area contributed by atoms with E-state index in [4.69, 9.17) is 0 Å². The highest BCUT2D eigenvalue weighted by atomic mass is 32.2. The third kappa shape index (κ3) is 2.60. The predicted octanol–water partition coefficient (Wildman–Crippen LogP) is 2.08. The fourth-order valence-corrected chi connectivity index (χ4v) is 2.08. The van der Waals surface area contributed by atoms with Crippen LogP contribution in [-0.2, 0) is 0 Å². The largest absolute Gasteiger partial charge is 0.217 e. The Morgan fingerprint density at radius 2 is 2.07 bits per heavy atom. The summed E-state index contributed by atoms with van der Waals surface area (Å²) in [5.41, 5.74) is 2.44. The molecule has 2 heteroatoms. The monoisotopic (exact) mass is 216 g/mol. The lowest BCUT2D eigenvalue weighted by atomic mass is 10.1. The normalized spacial score (nSPS) is 17.3. The van der Waals surface area contributed by atoms with Gasteiger partial charge in [-0.25, -0.2) is 4.99 Å². The van der Waals surface area contributed by atoms with Gasteiger partial charge >= 0.3 is 0 Å². The lowest BCUT2D eigenvalue weighted by molar-refractivity contribution is -0.357. The molecule has 0 spiro atoms. The van der Waals surface area contributed by atoms with Crippen LogP contribution in [-0.4, -0.2) is 12.0 Å². The molecule has 0 fully saturated rings. The fourth-order valence-electron chi connectivity index (χ4n) is 1.53. The van der Waals surface area contributed by atoms with E-state index in [-0.39, 0.29) is 0 Å². The standard InChI is InChI=1S/C13H13NS/c1-15-13-10-6-5-9-12(13)14-11-7-3-2-4-8-11/h2-7,9-10H,8H2,1H3/p+1. The van der Waals surface area contributed by atoms with E-state index < -0.39 is 0 Å². The Kier molecular flexibility index (Phi) is 3.41. The zero-order chi connectivity index (χ0) is 10.5. The van der Waals surface area contributed by atoms with Crippen molar-refractivity contribution in [1.29, 1.82) is 0 Å².